The number of benzene rings is 4. The molecule has 0 aromatic heterocycles. The number of hydrogen-bond donors (Lipinski definition) is 2. The largest absolute Gasteiger partial charge is 0.496 e. The van der Waals surface area contributed by atoms with Gasteiger partial charge in [0.25, 0.3) is 0 Å². The van der Waals surface area contributed by atoms with Gasteiger partial charge in [-0.15, -0.1) is 0 Å². The molecular formula is C32H22F2N6O4S2. The summed E-state index contributed by atoms with van der Waals surface area (Å²) in [6.07, 6.45) is 0. The van der Waals surface area contributed by atoms with Gasteiger partial charge in [-0.2, -0.15) is 0 Å². The lowest BCUT2D eigenvalue weighted by molar-refractivity contribution is 0.256. The van der Waals surface area contributed by atoms with Crippen LogP contribution < -0.4 is 29.1 Å². The molecule has 6 rings (SSSR count). The molecule has 2 aliphatic rings. The van der Waals surface area contributed by atoms with Crippen molar-refractivity contribution in [2.24, 2.45) is 0 Å². The van der Waals surface area contributed by atoms with Crippen molar-refractivity contribution < 1.29 is 27.8 Å². The quantitative estimate of drug-likeness (QED) is 0.204. The number of carbonyl (C=O) groups is 2. The van der Waals surface area contributed by atoms with E-state index in [9.17, 15) is 18.4 Å². The van der Waals surface area contributed by atoms with E-state index in [4.69, 9.17) is 44.7 Å². The molecule has 230 valence electrons. The van der Waals surface area contributed by atoms with Crippen LogP contribution in [0.2, 0.25) is 0 Å². The Bertz CT molecular complexity index is 1840. The lowest BCUT2D eigenvalue weighted by Gasteiger charge is -2.21. The van der Waals surface area contributed by atoms with Crippen LogP contribution in [0.5, 0.6) is 11.5 Å². The van der Waals surface area contributed by atoms with Crippen molar-refractivity contribution in [2.45, 2.75) is 0 Å². The van der Waals surface area contributed by atoms with Crippen LogP contribution >= 0.6 is 24.4 Å². The van der Waals surface area contributed by atoms with Gasteiger partial charge >= 0.3 is 12.1 Å². The maximum absolute atomic E-state index is 13.5. The van der Waals surface area contributed by atoms with Crippen LogP contribution in [-0.2, 0) is 0 Å². The van der Waals surface area contributed by atoms with E-state index >= 15 is 0 Å². The Balaban J connectivity index is 1.32. The Hall–Kier alpha value is -5.60. The molecule has 10 nitrogen and oxygen atoms in total. The number of urea groups is 2. The van der Waals surface area contributed by atoms with Crippen LogP contribution in [0.4, 0.5) is 41.1 Å². The highest BCUT2D eigenvalue weighted by atomic mass is 32.1. The topological polar surface area (TPSA) is 113 Å². The van der Waals surface area contributed by atoms with Crippen molar-refractivity contribution in [3.63, 3.8) is 0 Å². The highest BCUT2D eigenvalue weighted by Gasteiger charge is 2.42. The second kappa shape index (κ2) is 11.7. The van der Waals surface area contributed by atoms with Crippen LogP contribution in [0, 0.1) is 22.5 Å². The number of ether oxygens (including phenoxy) is 2. The van der Waals surface area contributed by atoms with Gasteiger partial charge < -0.3 is 9.47 Å². The summed E-state index contributed by atoms with van der Waals surface area (Å²) < 4.78 is 38.3. The van der Waals surface area contributed by atoms with Crippen LogP contribution in [0.25, 0.3) is 11.1 Å². The number of amidine groups is 2. The fourth-order valence-electron chi connectivity index (χ4n) is 5.17. The Morgan fingerprint density at radius 2 is 0.870 bits per heavy atom. The fourth-order valence-corrected chi connectivity index (χ4v) is 5.72. The number of anilines is 4. The van der Waals surface area contributed by atoms with Gasteiger partial charge in [-0.25, -0.2) is 38.0 Å². The van der Waals surface area contributed by atoms with Gasteiger partial charge in [0.05, 0.1) is 37.0 Å². The molecule has 4 aromatic rings. The normalized spacial score (nSPS) is 15.0. The van der Waals surface area contributed by atoms with Crippen molar-refractivity contribution in [3.05, 3.63) is 96.6 Å². The molecule has 0 saturated carbocycles. The zero-order chi connectivity index (χ0) is 32.9. The standard InChI is InChI=1S/C32H22F2N6O4S2/c1-43-25-15-21(37-27(35)29(45)39(31(37)41)19-7-3-17(33)4-8-19)11-13-23(25)24-14-12-22(16-26(24)44-2)38-28(36)30(46)40(32(38)42)20-9-5-18(34)6-10-20/h3-16,35-36H,1-2H3. The monoisotopic (exact) mass is 656 g/mol. The molecule has 2 aliphatic heterocycles. The highest BCUT2D eigenvalue weighted by Crippen LogP contribution is 2.42. The van der Waals surface area contributed by atoms with E-state index in [1.165, 1.54) is 62.8 Å². The fraction of sp³-hybridized carbons (Fsp3) is 0.0625. The number of thiocarbonyl (C=S) groups is 2. The van der Waals surface area contributed by atoms with Gasteiger partial charge in [-0.1, -0.05) is 24.4 Å². The first-order valence-electron chi connectivity index (χ1n) is 13.5. The van der Waals surface area contributed by atoms with Crippen molar-refractivity contribution >= 4 is 80.9 Å². The number of rotatable bonds is 7. The molecule has 0 bridgehead atoms. The molecule has 4 aromatic carbocycles. The Morgan fingerprint density at radius 1 is 0.543 bits per heavy atom. The second-order valence-corrected chi connectivity index (χ2v) is 10.7. The van der Waals surface area contributed by atoms with Gasteiger partial charge in [-0.05, 0) is 72.8 Å². The lowest BCUT2D eigenvalue weighted by Crippen LogP contribution is -2.33. The summed E-state index contributed by atoms with van der Waals surface area (Å²) in [6.45, 7) is 0. The molecular weight excluding hydrogens is 635 g/mol. The van der Waals surface area contributed by atoms with Gasteiger partial charge in [-0.3, -0.25) is 10.8 Å². The Kier molecular flexibility index (Phi) is 7.75. The Labute approximate surface area is 272 Å². The van der Waals surface area contributed by atoms with Crippen LogP contribution in [0.1, 0.15) is 0 Å². The molecule has 2 N–H and O–H groups in total. The molecule has 2 fully saturated rings. The SMILES string of the molecule is COc1cc(N2C(=N)C(=S)N(c3ccc(F)cc3)C2=O)ccc1-c1ccc(N2C(=N)C(=S)N(c3ccc(F)cc3)C2=O)cc1OC. The zero-order valence-corrected chi connectivity index (χ0v) is 25.7. The van der Waals surface area contributed by atoms with Crippen molar-refractivity contribution in [1.82, 2.24) is 0 Å². The number of nitrogens with one attached hydrogen (secondary N) is 2. The molecule has 2 heterocycles. The van der Waals surface area contributed by atoms with Crippen LogP contribution in [-0.4, -0.2) is 47.9 Å². The first kappa shape index (κ1) is 30.4. The van der Waals surface area contributed by atoms with E-state index in [2.05, 4.69) is 0 Å². The van der Waals surface area contributed by atoms with Crippen LogP contribution in [0.3, 0.4) is 0 Å². The van der Waals surface area contributed by atoms with E-state index in [1.54, 1.807) is 36.4 Å². The average Bonchev–Trinajstić information content (AvgIpc) is 3.42. The summed E-state index contributed by atoms with van der Waals surface area (Å²) in [5.41, 5.74) is 2.40. The van der Waals surface area contributed by atoms with Crippen molar-refractivity contribution in [3.8, 4) is 22.6 Å². The molecule has 14 heteroatoms. The average molecular weight is 657 g/mol. The Morgan fingerprint density at radius 3 is 1.20 bits per heavy atom. The molecule has 0 radical (unpaired) electrons. The predicted octanol–water partition coefficient (Wildman–Crippen LogP) is 7.15. The van der Waals surface area contributed by atoms with Gasteiger partial charge in [0.15, 0.2) is 21.6 Å². The number of nitrogens with zero attached hydrogens (tertiary/aromatic N) is 4. The summed E-state index contributed by atoms with van der Waals surface area (Å²) >= 11 is 10.8. The van der Waals surface area contributed by atoms with E-state index in [1.807, 2.05) is 0 Å². The van der Waals surface area contributed by atoms with E-state index < -0.39 is 23.7 Å². The first-order chi connectivity index (χ1) is 22.0. The summed E-state index contributed by atoms with van der Waals surface area (Å²) in [5, 5.41) is 17.1. The second-order valence-electron chi connectivity index (χ2n) is 9.94. The minimum atomic E-state index is -0.608. The predicted molar refractivity (Wildman–Crippen MR) is 179 cm³/mol. The van der Waals surface area contributed by atoms with E-state index in [-0.39, 0.29) is 21.6 Å². The first-order valence-corrected chi connectivity index (χ1v) is 14.3. The number of amides is 4. The molecule has 4 amide bonds. The molecule has 0 atom stereocenters. The van der Waals surface area contributed by atoms with Gasteiger partial charge in [0, 0.05) is 23.3 Å². The minimum absolute atomic E-state index is 0.0450. The summed E-state index contributed by atoms with van der Waals surface area (Å²) in [5.74, 6) is -0.735. The number of hydrogen-bond acceptors (Lipinski definition) is 8. The lowest BCUT2D eigenvalue weighted by atomic mass is 10.0. The zero-order valence-electron chi connectivity index (χ0n) is 24.1. The molecule has 0 spiro atoms. The van der Waals surface area contributed by atoms with Gasteiger partial charge in [0.2, 0.25) is 0 Å². The summed E-state index contributed by atoms with van der Waals surface area (Å²) in [6, 6.07) is 19.0. The minimum Gasteiger partial charge on any atom is -0.496 e. The van der Waals surface area contributed by atoms with Crippen molar-refractivity contribution in [1.29, 1.82) is 10.8 Å². The van der Waals surface area contributed by atoms with Crippen LogP contribution in [0.15, 0.2) is 84.9 Å². The van der Waals surface area contributed by atoms with E-state index in [0.29, 0.717) is 45.4 Å². The molecule has 0 aliphatic carbocycles. The molecule has 46 heavy (non-hydrogen) atoms. The third-order valence-electron chi connectivity index (χ3n) is 7.37. The van der Waals surface area contributed by atoms with E-state index in [0.717, 1.165) is 19.6 Å². The third-order valence-corrected chi connectivity index (χ3v) is 8.12. The number of methoxy groups -OCH3 is 2. The summed E-state index contributed by atoms with van der Waals surface area (Å²) in [4.78, 5) is 31.3. The molecule has 0 unspecified atom stereocenters. The summed E-state index contributed by atoms with van der Waals surface area (Å²) in [7, 11) is 2.90. The highest BCUT2D eigenvalue weighted by molar-refractivity contribution is 7.83. The van der Waals surface area contributed by atoms with Gasteiger partial charge in [0.1, 0.15) is 23.1 Å². The number of halogens is 2. The van der Waals surface area contributed by atoms with Crippen molar-refractivity contribution in [2.75, 3.05) is 33.8 Å². The third kappa shape index (κ3) is 4.93. The molecule has 2 saturated heterocycles. The maximum atomic E-state index is 13.5. The number of carbonyl (C=O) groups excluding carboxylic acids is 2. The maximum Gasteiger partial charge on any atom is 0.340 e. The smallest absolute Gasteiger partial charge is 0.340 e.